The predicted octanol–water partition coefficient (Wildman–Crippen LogP) is -0.0368. The van der Waals surface area contributed by atoms with Gasteiger partial charge in [-0.15, -0.1) is 11.6 Å². The summed E-state index contributed by atoms with van der Waals surface area (Å²) in [5, 5.41) is 23.7. The molecule has 8 nitrogen and oxygen atoms in total. The highest BCUT2D eigenvalue weighted by Gasteiger charge is 2.31. The lowest BCUT2D eigenvalue weighted by Gasteiger charge is -2.37. The molecule has 0 aromatic carbocycles. The minimum absolute atomic E-state index is 0.0151. The maximum atomic E-state index is 13.4. The second kappa shape index (κ2) is 11.2. The molecule has 0 spiro atoms. The first-order valence-corrected chi connectivity index (χ1v) is 9.71. The van der Waals surface area contributed by atoms with Crippen molar-refractivity contribution in [2.24, 2.45) is 0 Å². The van der Waals surface area contributed by atoms with Gasteiger partial charge in [-0.1, -0.05) is 0 Å². The summed E-state index contributed by atoms with van der Waals surface area (Å²) >= 11 is 5.95. The molecule has 2 amide bonds. The van der Waals surface area contributed by atoms with Crippen LogP contribution in [0, 0.1) is 0 Å². The van der Waals surface area contributed by atoms with Crippen LogP contribution in [0.25, 0.3) is 0 Å². The van der Waals surface area contributed by atoms with E-state index in [1.54, 1.807) is 0 Å². The van der Waals surface area contributed by atoms with E-state index in [4.69, 9.17) is 21.4 Å². The topological polar surface area (TPSA) is 107 Å². The van der Waals surface area contributed by atoms with Gasteiger partial charge in [-0.25, -0.2) is 9.18 Å². The number of hydrogen-bond acceptors (Lipinski definition) is 6. The number of rotatable bonds is 8. The highest BCUT2D eigenvalue weighted by molar-refractivity contribution is 6.21. The quantitative estimate of drug-likeness (QED) is 0.254. The van der Waals surface area contributed by atoms with Crippen LogP contribution in [-0.2, 0) is 4.74 Å². The van der Waals surface area contributed by atoms with E-state index in [1.807, 2.05) is 6.92 Å². The van der Waals surface area contributed by atoms with Gasteiger partial charge in [0, 0.05) is 18.6 Å². The number of halogens is 2. The summed E-state index contributed by atoms with van der Waals surface area (Å²) in [6, 6.07) is -0.199. The summed E-state index contributed by atoms with van der Waals surface area (Å²) in [5.41, 5.74) is 0. The van der Waals surface area contributed by atoms with Crippen LogP contribution in [-0.4, -0.2) is 73.6 Å². The number of carbonyl (C=O) groups is 1. The molecule has 1 aliphatic heterocycles. The number of alkyl halides is 2. The zero-order chi connectivity index (χ0) is 18.9. The van der Waals surface area contributed by atoms with Gasteiger partial charge < -0.3 is 20.5 Å². The summed E-state index contributed by atoms with van der Waals surface area (Å²) in [7, 11) is 0. The first-order chi connectivity index (χ1) is 12.5. The van der Waals surface area contributed by atoms with Crippen LogP contribution in [0.2, 0.25) is 0 Å². The van der Waals surface area contributed by atoms with E-state index in [0.717, 1.165) is 6.42 Å². The Morgan fingerprint density at radius 2 is 2.08 bits per heavy atom. The number of amides is 2. The highest BCUT2D eigenvalue weighted by Crippen LogP contribution is 2.25. The molecule has 6 N–H and O–H groups in total. The predicted molar refractivity (Wildman–Crippen MR) is 97.7 cm³/mol. The number of aliphatic hydroxyl groups excluding tert-OH is 1. The van der Waals surface area contributed by atoms with Crippen LogP contribution in [0.15, 0.2) is 0 Å². The second-order valence-electron chi connectivity index (χ2n) is 6.91. The number of aliphatic hydroxyl groups is 1. The number of hydrogen-bond donors (Lipinski definition) is 6. The molecule has 6 unspecified atom stereocenters. The van der Waals surface area contributed by atoms with E-state index in [0.29, 0.717) is 39.0 Å². The Balaban J connectivity index is 1.69. The van der Waals surface area contributed by atoms with Crippen molar-refractivity contribution >= 4 is 17.6 Å². The van der Waals surface area contributed by atoms with Gasteiger partial charge >= 0.3 is 6.03 Å². The summed E-state index contributed by atoms with van der Waals surface area (Å²) < 4.78 is 18.6. The largest absolute Gasteiger partial charge is 0.394 e. The number of carbonyl (C=O) groups excluding carboxylic acids is 1. The van der Waals surface area contributed by atoms with Crippen molar-refractivity contribution in [1.82, 2.24) is 26.6 Å². The Hall–Kier alpha value is -0.710. The highest BCUT2D eigenvalue weighted by atomic mass is 35.5. The van der Waals surface area contributed by atoms with E-state index in [9.17, 15) is 9.18 Å². The standard InChI is InChI=1S/C16H31ClFN5O3/c1-10-8-14(19-4-6-26-7-5-24)22-15(20-10)23-16(25)21-11-2-3-13(18)12(17)9-11/h10-15,19-20,22,24H,2-9H2,1H3,(H2,21,23,25). The molecule has 10 heteroatoms. The van der Waals surface area contributed by atoms with Gasteiger partial charge in [-0.05, 0) is 32.6 Å². The third kappa shape index (κ3) is 7.50. The average Bonchev–Trinajstić information content (AvgIpc) is 2.57. The summed E-state index contributed by atoms with van der Waals surface area (Å²) in [4.78, 5) is 12.2. The molecular formula is C16H31ClFN5O3. The molecule has 152 valence electrons. The lowest BCUT2D eigenvalue weighted by molar-refractivity contribution is 0.0889. The van der Waals surface area contributed by atoms with E-state index in [2.05, 4.69) is 26.6 Å². The summed E-state index contributed by atoms with van der Waals surface area (Å²) in [5.74, 6) is 0. The monoisotopic (exact) mass is 395 g/mol. The normalized spacial score (nSPS) is 35.1. The molecule has 1 saturated carbocycles. The van der Waals surface area contributed by atoms with Gasteiger partial charge in [0.2, 0.25) is 0 Å². The van der Waals surface area contributed by atoms with E-state index in [1.165, 1.54) is 0 Å². The number of nitrogens with one attached hydrogen (secondary N) is 5. The SMILES string of the molecule is CC1CC(NCCOCCO)NC(NC(=O)NC2CCC(F)C(Cl)C2)N1. The smallest absolute Gasteiger partial charge is 0.317 e. The van der Waals surface area contributed by atoms with Crippen LogP contribution < -0.4 is 26.6 Å². The third-order valence-electron chi connectivity index (χ3n) is 4.58. The number of urea groups is 1. The van der Waals surface area contributed by atoms with E-state index in [-0.39, 0.29) is 37.2 Å². The zero-order valence-electron chi connectivity index (χ0n) is 15.1. The average molecular weight is 396 g/mol. The van der Waals surface area contributed by atoms with Crippen LogP contribution in [0.5, 0.6) is 0 Å². The molecular weight excluding hydrogens is 365 g/mol. The Bertz CT molecular complexity index is 437. The second-order valence-corrected chi connectivity index (χ2v) is 7.47. The van der Waals surface area contributed by atoms with Crippen molar-refractivity contribution in [1.29, 1.82) is 0 Å². The molecule has 0 aromatic rings. The van der Waals surface area contributed by atoms with Gasteiger partial charge in [0.25, 0.3) is 0 Å². The summed E-state index contributed by atoms with van der Waals surface area (Å²) in [6.07, 6.45) is 0.929. The van der Waals surface area contributed by atoms with Crippen molar-refractivity contribution < 1.29 is 19.0 Å². The van der Waals surface area contributed by atoms with E-state index >= 15 is 0 Å². The fourth-order valence-electron chi connectivity index (χ4n) is 3.29. The van der Waals surface area contributed by atoms with E-state index < -0.39 is 11.5 Å². The molecule has 6 atom stereocenters. The Morgan fingerprint density at radius 3 is 2.81 bits per heavy atom. The number of ether oxygens (including phenoxy) is 1. The lowest BCUT2D eigenvalue weighted by Crippen LogP contribution is -2.68. The zero-order valence-corrected chi connectivity index (χ0v) is 15.9. The molecule has 1 aliphatic carbocycles. The summed E-state index contributed by atoms with van der Waals surface area (Å²) in [6.45, 7) is 3.55. The van der Waals surface area contributed by atoms with Crippen molar-refractivity contribution in [2.45, 2.75) is 68.7 Å². The Labute approximate surface area is 158 Å². The van der Waals surface area contributed by atoms with Crippen molar-refractivity contribution in [3.05, 3.63) is 0 Å². The van der Waals surface area contributed by atoms with Crippen molar-refractivity contribution in [3.8, 4) is 0 Å². The van der Waals surface area contributed by atoms with Crippen LogP contribution >= 0.6 is 11.6 Å². The lowest BCUT2D eigenvalue weighted by atomic mass is 9.93. The molecule has 26 heavy (non-hydrogen) atoms. The van der Waals surface area contributed by atoms with Gasteiger partial charge in [0.05, 0.1) is 31.4 Å². The van der Waals surface area contributed by atoms with Gasteiger partial charge in [0.15, 0.2) is 0 Å². The molecule has 1 saturated heterocycles. The van der Waals surface area contributed by atoms with Crippen LogP contribution in [0.4, 0.5) is 9.18 Å². The minimum atomic E-state index is -0.992. The van der Waals surface area contributed by atoms with Gasteiger partial charge in [-0.3, -0.25) is 16.0 Å². The first-order valence-electron chi connectivity index (χ1n) is 9.27. The Morgan fingerprint density at radius 1 is 1.27 bits per heavy atom. The van der Waals surface area contributed by atoms with Crippen molar-refractivity contribution in [2.75, 3.05) is 26.4 Å². The fraction of sp³-hybridized carbons (Fsp3) is 0.938. The molecule has 2 aliphatic rings. The fourth-order valence-corrected chi connectivity index (χ4v) is 3.63. The van der Waals surface area contributed by atoms with Crippen LogP contribution in [0.1, 0.15) is 32.6 Å². The third-order valence-corrected chi connectivity index (χ3v) is 5.04. The molecule has 0 bridgehead atoms. The molecule has 1 heterocycles. The maximum Gasteiger partial charge on any atom is 0.317 e. The van der Waals surface area contributed by atoms with Crippen molar-refractivity contribution in [3.63, 3.8) is 0 Å². The Kier molecular flexibility index (Phi) is 9.30. The first kappa shape index (κ1) is 21.6. The maximum absolute atomic E-state index is 13.4. The molecule has 2 rings (SSSR count). The minimum Gasteiger partial charge on any atom is -0.394 e. The van der Waals surface area contributed by atoms with Crippen LogP contribution in [0.3, 0.4) is 0 Å². The molecule has 0 aromatic heterocycles. The van der Waals surface area contributed by atoms with Gasteiger partial charge in [-0.2, -0.15) is 0 Å². The molecule has 2 fully saturated rings. The molecule has 0 radical (unpaired) electrons. The van der Waals surface area contributed by atoms with Gasteiger partial charge in [0.1, 0.15) is 12.5 Å².